The van der Waals surface area contributed by atoms with E-state index >= 15 is 0 Å². The SMILES string of the molecule is CC.CC.CC.CC.CC.CC.CCC.CCC.c1ccccc1.c1ccccc1.c1ccccc1. The minimum absolute atomic E-state index is 1.25. The van der Waals surface area contributed by atoms with Gasteiger partial charge in [-0.2, -0.15) is 0 Å². The molecule has 0 fully saturated rings. The van der Waals surface area contributed by atoms with Gasteiger partial charge >= 0.3 is 0 Å². The molecule has 0 aromatic heterocycles. The third-order valence-electron chi connectivity index (χ3n) is 2.00. The number of hydrogen-bond donors (Lipinski definition) is 0. The summed E-state index contributed by atoms with van der Waals surface area (Å²) < 4.78 is 0. The van der Waals surface area contributed by atoms with Crippen molar-refractivity contribution in [1.29, 1.82) is 0 Å². The molecule has 0 aliphatic rings. The predicted octanol–water partition coefficient (Wildman–Crippen LogP) is 14.0. The molecule has 0 bridgehead atoms. The van der Waals surface area contributed by atoms with Gasteiger partial charge in [0, 0.05) is 0 Å². The van der Waals surface area contributed by atoms with E-state index < -0.39 is 0 Å². The van der Waals surface area contributed by atoms with E-state index in [1.54, 1.807) is 0 Å². The van der Waals surface area contributed by atoms with Crippen LogP contribution in [-0.2, 0) is 0 Å². The molecule has 3 rings (SSSR count). The maximum Gasteiger partial charge on any atom is -0.0590 e. The topological polar surface area (TPSA) is 0 Å². The normalized spacial score (nSPS) is 6.00. The smallest absolute Gasteiger partial charge is 0.0590 e. The molecule has 3 aromatic carbocycles. The van der Waals surface area contributed by atoms with E-state index in [1.165, 1.54) is 12.8 Å². The van der Waals surface area contributed by atoms with E-state index in [1.807, 2.05) is 192 Å². The summed E-state index contributed by atoms with van der Waals surface area (Å²) in [6, 6.07) is 36.0. The summed E-state index contributed by atoms with van der Waals surface area (Å²) >= 11 is 0. The summed E-state index contributed by atoms with van der Waals surface area (Å²) in [6.07, 6.45) is 2.50. The maximum absolute atomic E-state index is 2.12. The Morgan fingerprint density at radius 1 is 0.194 bits per heavy atom. The third-order valence-corrected chi connectivity index (χ3v) is 2.00. The minimum atomic E-state index is 1.25. The van der Waals surface area contributed by atoms with Crippen LogP contribution in [0.5, 0.6) is 0 Å². The van der Waals surface area contributed by atoms with Crippen LogP contribution in [0.4, 0.5) is 0 Å². The molecule has 0 amide bonds. The molecule has 0 aliphatic carbocycles. The van der Waals surface area contributed by atoms with Crippen LogP contribution in [0.1, 0.15) is 124 Å². The van der Waals surface area contributed by atoms with Crippen molar-refractivity contribution in [2.24, 2.45) is 0 Å². The van der Waals surface area contributed by atoms with Gasteiger partial charge in [-0.1, -0.05) is 233 Å². The van der Waals surface area contributed by atoms with Gasteiger partial charge in [0.25, 0.3) is 0 Å². The molecule has 0 radical (unpaired) electrons. The van der Waals surface area contributed by atoms with Crippen molar-refractivity contribution in [1.82, 2.24) is 0 Å². The Morgan fingerprint density at radius 3 is 0.250 bits per heavy atom. The number of rotatable bonds is 0. The van der Waals surface area contributed by atoms with Gasteiger partial charge in [-0.05, 0) is 0 Å². The molecule has 0 heterocycles. The molecule has 0 unspecified atom stereocenters. The Balaban J connectivity index is -0.0000000419. The standard InChI is InChI=1S/3C6H6.2C3H8.6C2H6/c3*1-2-4-6-5-3-1;2*1-3-2;6*1-2/h3*1-6H;2*3H2,1-2H3;6*1-2H3. The van der Waals surface area contributed by atoms with Gasteiger partial charge in [0.05, 0.1) is 0 Å². The van der Waals surface area contributed by atoms with Crippen molar-refractivity contribution >= 4 is 0 Å². The molecular weight excluding hydrogens is 432 g/mol. The maximum atomic E-state index is 2.12. The van der Waals surface area contributed by atoms with Crippen LogP contribution in [0.25, 0.3) is 0 Å². The Labute approximate surface area is 232 Å². The van der Waals surface area contributed by atoms with E-state index in [2.05, 4.69) is 27.7 Å². The molecule has 0 N–H and O–H groups in total. The highest BCUT2D eigenvalue weighted by Crippen LogP contribution is 1.81. The monoisotopic (exact) mass is 503 g/mol. The van der Waals surface area contributed by atoms with Crippen LogP contribution in [0.2, 0.25) is 0 Å². The Morgan fingerprint density at radius 2 is 0.222 bits per heavy atom. The van der Waals surface area contributed by atoms with E-state index in [-0.39, 0.29) is 0 Å². The molecule has 36 heavy (non-hydrogen) atoms. The fourth-order valence-electron chi connectivity index (χ4n) is 1.15. The van der Waals surface area contributed by atoms with Gasteiger partial charge in [0.1, 0.15) is 0 Å². The second-order valence-corrected chi connectivity index (χ2v) is 4.88. The van der Waals surface area contributed by atoms with Gasteiger partial charge in [0.2, 0.25) is 0 Å². The molecule has 0 atom stereocenters. The summed E-state index contributed by atoms with van der Waals surface area (Å²) in [5.74, 6) is 0. The second-order valence-electron chi connectivity index (χ2n) is 4.88. The van der Waals surface area contributed by atoms with Gasteiger partial charge in [0.15, 0.2) is 0 Å². The highest BCUT2D eigenvalue weighted by Gasteiger charge is 1.59. The van der Waals surface area contributed by atoms with Gasteiger partial charge in [-0.3, -0.25) is 0 Å². The molecule has 214 valence electrons. The van der Waals surface area contributed by atoms with Crippen molar-refractivity contribution in [3.8, 4) is 0 Å². The first-order chi connectivity index (χ1) is 17.8. The van der Waals surface area contributed by atoms with Gasteiger partial charge in [-0.15, -0.1) is 0 Å². The first-order valence-corrected chi connectivity index (χ1v) is 14.8. The number of benzene rings is 3. The lowest BCUT2D eigenvalue weighted by Crippen LogP contribution is -1.47. The van der Waals surface area contributed by atoms with Crippen LogP contribution in [0, 0.1) is 0 Å². The second kappa shape index (κ2) is 105. The lowest BCUT2D eigenvalue weighted by atomic mass is 10.4. The Bertz CT molecular complexity index is 317. The molecule has 0 saturated carbocycles. The lowest BCUT2D eigenvalue weighted by Gasteiger charge is -1.69. The Hall–Kier alpha value is -2.34. The van der Waals surface area contributed by atoms with Gasteiger partial charge in [-0.25, -0.2) is 0 Å². The largest absolute Gasteiger partial charge is 0.0683 e. The van der Waals surface area contributed by atoms with Crippen molar-refractivity contribution < 1.29 is 0 Å². The summed E-state index contributed by atoms with van der Waals surface area (Å²) in [4.78, 5) is 0. The van der Waals surface area contributed by atoms with Crippen LogP contribution in [0.15, 0.2) is 109 Å². The summed E-state index contributed by atoms with van der Waals surface area (Å²) in [5, 5.41) is 0. The molecular formula is C36H70. The third kappa shape index (κ3) is 121. The van der Waals surface area contributed by atoms with Crippen molar-refractivity contribution in [3.05, 3.63) is 109 Å². The average molecular weight is 503 g/mol. The van der Waals surface area contributed by atoms with Crippen molar-refractivity contribution in [3.63, 3.8) is 0 Å². The summed E-state index contributed by atoms with van der Waals surface area (Å²) in [6.45, 7) is 32.5. The zero-order chi connectivity index (χ0) is 30.1. The van der Waals surface area contributed by atoms with E-state index in [9.17, 15) is 0 Å². The van der Waals surface area contributed by atoms with Crippen LogP contribution < -0.4 is 0 Å². The van der Waals surface area contributed by atoms with E-state index in [0.717, 1.165) is 0 Å². The zero-order valence-electron chi connectivity index (χ0n) is 27.8. The first-order valence-electron chi connectivity index (χ1n) is 14.8. The quantitative estimate of drug-likeness (QED) is 0.286. The number of hydrogen-bond acceptors (Lipinski definition) is 0. The van der Waals surface area contributed by atoms with Gasteiger partial charge < -0.3 is 0 Å². The Kier molecular flexibility index (Phi) is 159. The molecule has 0 saturated heterocycles. The lowest BCUT2D eigenvalue weighted by molar-refractivity contribution is 1.09. The molecule has 0 nitrogen and oxygen atoms in total. The highest BCUT2D eigenvalue weighted by molar-refractivity contribution is 5.00. The molecule has 0 spiro atoms. The fourth-order valence-corrected chi connectivity index (χ4v) is 1.15. The fraction of sp³-hybridized carbons (Fsp3) is 0.500. The van der Waals surface area contributed by atoms with E-state index in [0.29, 0.717) is 0 Å². The van der Waals surface area contributed by atoms with Crippen molar-refractivity contribution in [2.75, 3.05) is 0 Å². The van der Waals surface area contributed by atoms with E-state index in [4.69, 9.17) is 0 Å². The molecule has 0 heteroatoms. The van der Waals surface area contributed by atoms with Crippen LogP contribution >= 0.6 is 0 Å². The van der Waals surface area contributed by atoms with Crippen LogP contribution in [0.3, 0.4) is 0 Å². The van der Waals surface area contributed by atoms with Crippen LogP contribution in [-0.4, -0.2) is 0 Å². The predicted molar refractivity (Wildman–Crippen MR) is 179 cm³/mol. The first kappa shape index (κ1) is 54.5. The molecule has 0 aliphatic heterocycles. The van der Waals surface area contributed by atoms with Crippen molar-refractivity contribution in [2.45, 2.75) is 124 Å². The average Bonchev–Trinajstić information content (AvgIpc) is 3.03. The summed E-state index contributed by atoms with van der Waals surface area (Å²) in [7, 11) is 0. The zero-order valence-corrected chi connectivity index (χ0v) is 27.8. The highest BCUT2D eigenvalue weighted by atomic mass is 13.7. The minimum Gasteiger partial charge on any atom is -0.0683 e. The molecule has 3 aromatic rings. The summed E-state index contributed by atoms with van der Waals surface area (Å²) in [5.41, 5.74) is 0.